The van der Waals surface area contributed by atoms with Gasteiger partial charge in [-0.05, 0) is 33.6 Å². The van der Waals surface area contributed by atoms with E-state index in [1.165, 1.54) is 6.20 Å². The number of hydrogen-bond acceptors (Lipinski definition) is 5. The summed E-state index contributed by atoms with van der Waals surface area (Å²) in [7, 11) is 0. The van der Waals surface area contributed by atoms with Gasteiger partial charge < -0.3 is 10.0 Å². The molecule has 0 bridgehead atoms. The van der Waals surface area contributed by atoms with Gasteiger partial charge in [-0.15, -0.1) is 5.10 Å². The molecule has 1 unspecified atom stereocenters. The van der Waals surface area contributed by atoms with Crippen LogP contribution in [0.25, 0.3) is 0 Å². The van der Waals surface area contributed by atoms with Crippen molar-refractivity contribution < 1.29 is 14.7 Å². The molecule has 1 fully saturated rings. The highest BCUT2D eigenvalue weighted by atomic mass is 16.4. The highest BCUT2D eigenvalue weighted by molar-refractivity contribution is 5.96. The first-order valence-electron chi connectivity index (χ1n) is 8.40. The minimum atomic E-state index is -1.10. The molecule has 0 spiro atoms. The number of carboxylic acids is 1. The first-order chi connectivity index (χ1) is 11.9. The first-order valence-corrected chi connectivity index (χ1v) is 8.40. The Balaban J connectivity index is 1.80. The second kappa shape index (κ2) is 6.66. The zero-order valence-corrected chi connectivity index (χ0v) is 14.6. The molecule has 2 aromatic rings. The molecule has 0 aromatic carbocycles. The lowest BCUT2D eigenvalue weighted by Crippen LogP contribution is -2.41. The van der Waals surface area contributed by atoms with Crippen LogP contribution in [0.4, 0.5) is 0 Å². The number of likely N-dealkylation sites (tertiary alicyclic amines) is 1. The van der Waals surface area contributed by atoms with Crippen molar-refractivity contribution in [3.8, 4) is 0 Å². The average Bonchev–Trinajstić information content (AvgIpc) is 3.19. The Morgan fingerprint density at radius 2 is 2.12 bits per heavy atom. The van der Waals surface area contributed by atoms with E-state index in [-0.39, 0.29) is 17.6 Å². The highest BCUT2D eigenvalue weighted by Gasteiger charge is 2.29. The molecule has 9 heteroatoms. The average molecular weight is 346 g/mol. The molecule has 1 N–H and O–H groups in total. The molecule has 1 aliphatic rings. The Kier molecular flexibility index (Phi) is 4.56. The molecule has 0 aliphatic carbocycles. The van der Waals surface area contributed by atoms with Crippen molar-refractivity contribution in [2.24, 2.45) is 0 Å². The summed E-state index contributed by atoms with van der Waals surface area (Å²) < 4.78 is 3.39. The number of amides is 1. The van der Waals surface area contributed by atoms with E-state index < -0.39 is 5.97 Å². The summed E-state index contributed by atoms with van der Waals surface area (Å²) in [5.74, 6) is -1.13. The van der Waals surface area contributed by atoms with Gasteiger partial charge in [-0.3, -0.25) is 9.48 Å². The smallest absolute Gasteiger partial charge is 0.358 e. The normalized spacial score (nSPS) is 17.7. The Bertz CT molecular complexity index is 809. The number of carboxylic acid groups (broad SMARTS) is 1. The fraction of sp³-hybridized carbons (Fsp3) is 0.562. The van der Waals surface area contributed by atoms with E-state index in [2.05, 4.69) is 15.4 Å². The summed E-state index contributed by atoms with van der Waals surface area (Å²) in [4.78, 5) is 25.8. The van der Waals surface area contributed by atoms with Gasteiger partial charge in [-0.1, -0.05) is 5.21 Å². The molecule has 3 rings (SSSR count). The van der Waals surface area contributed by atoms with Crippen LogP contribution < -0.4 is 0 Å². The van der Waals surface area contributed by atoms with E-state index in [9.17, 15) is 9.59 Å². The van der Waals surface area contributed by atoms with Crippen molar-refractivity contribution in [2.75, 3.05) is 13.1 Å². The standard InChI is InChI=1S/C16H22N6O3/c1-4-21-11(3)14(10(2)18-21)15(23)20-7-5-6-12(8-20)22-9-13(16(24)25)17-19-22/h9,12H,4-8H2,1-3H3,(H,24,25). The van der Waals surface area contributed by atoms with Gasteiger partial charge in [0.25, 0.3) is 5.91 Å². The minimum Gasteiger partial charge on any atom is -0.476 e. The zero-order chi connectivity index (χ0) is 18.1. The molecule has 3 heterocycles. The Morgan fingerprint density at radius 1 is 1.36 bits per heavy atom. The van der Waals surface area contributed by atoms with Gasteiger partial charge in [-0.25, -0.2) is 9.48 Å². The van der Waals surface area contributed by atoms with Crippen molar-refractivity contribution in [3.63, 3.8) is 0 Å². The topological polar surface area (TPSA) is 106 Å². The van der Waals surface area contributed by atoms with Crippen molar-refractivity contribution in [1.29, 1.82) is 0 Å². The van der Waals surface area contributed by atoms with E-state index in [4.69, 9.17) is 5.11 Å². The van der Waals surface area contributed by atoms with Gasteiger partial charge in [0.05, 0.1) is 23.5 Å². The van der Waals surface area contributed by atoms with E-state index in [1.54, 1.807) is 9.58 Å². The Labute approximate surface area is 145 Å². The van der Waals surface area contributed by atoms with Gasteiger partial charge in [0.2, 0.25) is 0 Å². The van der Waals surface area contributed by atoms with Crippen LogP contribution in [0.3, 0.4) is 0 Å². The largest absolute Gasteiger partial charge is 0.476 e. The molecule has 1 aliphatic heterocycles. The maximum Gasteiger partial charge on any atom is 0.358 e. The third-order valence-corrected chi connectivity index (χ3v) is 4.68. The maximum atomic E-state index is 13.0. The summed E-state index contributed by atoms with van der Waals surface area (Å²) >= 11 is 0. The lowest BCUT2D eigenvalue weighted by molar-refractivity contribution is 0.0664. The third-order valence-electron chi connectivity index (χ3n) is 4.68. The van der Waals surface area contributed by atoms with Crippen LogP contribution in [0.5, 0.6) is 0 Å². The molecule has 134 valence electrons. The molecular formula is C16H22N6O3. The van der Waals surface area contributed by atoms with E-state index in [0.717, 1.165) is 30.8 Å². The SMILES string of the molecule is CCn1nc(C)c(C(=O)N2CCCC(n3cc(C(=O)O)nn3)C2)c1C. The van der Waals surface area contributed by atoms with Crippen molar-refractivity contribution >= 4 is 11.9 Å². The van der Waals surface area contributed by atoms with Crippen LogP contribution in [0.15, 0.2) is 6.20 Å². The number of piperidine rings is 1. The third kappa shape index (κ3) is 3.13. The van der Waals surface area contributed by atoms with Crippen LogP contribution >= 0.6 is 0 Å². The molecule has 2 aromatic heterocycles. The molecule has 1 saturated heterocycles. The molecule has 1 atom stereocenters. The van der Waals surface area contributed by atoms with Crippen molar-refractivity contribution in [2.45, 2.75) is 46.2 Å². The molecule has 9 nitrogen and oxygen atoms in total. The fourth-order valence-corrected chi connectivity index (χ4v) is 3.38. The molecular weight excluding hydrogens is 324 g/mol. The van der Waals surface area contributed by atoms with Gasteiger partial charge >= 0.3 is 5.97 Å². The predicted octanol–water partition coefficient (Wildman–Crippen LogP) is 1.29. The fourth-order valence-electron chi connectivity index (χ4n) is 3.38. The number of aromatic nitrogens is 5. The Morgan fingerprint density at radius 3 is 2.72 bits per heavy atom. The predicted molar refractivity (Wildman–Crippen MR) is 88.5 cm³/mol. The van der Waals surface area contributed by atoms with E-state index in [1.807, 2.05) is 25.5 Å². The maximum absolute atomic E-state index is 13.0. The number of hydrogen-bond donors (Lipinski definition) is 1. The Hall–Kier alpha value is -2.71. The second-order valence-corrected chi connectivity index (χ2v) is 6.30. The van der Waals surface area contributed by atoms with E-state index >= 15 is 0 Å². The quantitative estimate of drug-likeness (QED) is 0.894. The number of rotatable bonds is 4. The highest BCUT2D eigenvalue weighted by Crippen LogP contribution is 2.24. The van der Waals surface area contributed by atoms with Crippen molar-refractivity contribution in [1.82, 2.24) is 29.7 Å². The van der Waals surface area contributed by atoms with E-state index in [0.29, 0.717) is 18.7 Å². The van der Waals surface area contributed by atoms with Crippen LogP contribution in [0.2, 0.25) is 0 Å². The number of carbonyl (C=O) groups excluding carboxylic acids is 1. The van der Waals surface area contributed by atoms with Gasteiger partial charge in [0.15, 0.2) is 5.69 Å². The molecule has 1 amide bonds. The molecule has 0 radical (unpaired) electrons. The van der Waals surface area contributed by atoms with Gasteiger partial charge in [-0.2, -0.15) is 5.10 Å². The summed E-state index contributed by atoms with van der Waals surface area (Å²) in [5, 5.41) is 21.0. The van der Waals surface area contributed by atoms with Crippen LogP contribution in [0.1, 0.15) is 58.0 Å². The number of nitrogens with zero attached hydrogens (tertiary/aromatic N) is 6. The zero-order valence-electron chi connectivity index (χ0n) is 14.6. The molecule has 0 saturated carbocycles. The van der Waals surface area contributed by atoms with Gasteiger partial charge in [0, 0.05) is 25.3 Å². The van der Waals surface area contributed by atoms with Crippen LogP contribution in [-0.2, 0) is 6.54 Å². The lowest BCUT2D eigenvalue weighted by atomic mass is 10.0. The van der Waals surface area contributed by atoms with Crippen molar-refractivity contribution in [3.05, 3.63) is 28.8 Å². The summed E-state index contributed by atoms with van der Waals surface area (Å²) in [5.41, 5.74) is 2.19. The minimum absolute atomic E-state index is 0.0297. The number of aryl methyl sites for hydroxylation is 2. The van der Waals surface area contributed by atoms with Crippen LogP contribution in [0, 0.1) is 13.8 Å². The second-order valence-electron chi connectivity index (χ2n) is 6.30. The van der Waals surface area contributed by atoms with Gasteiger partial charge in [0.1, 0.15) is 0 Å². The summed E-state index contributed by atoms with van der Waals surface area (Å²) in [6.45, 7) is 7.64. The molecule has 25 heavy (non-hydrogen) atoms. The number of aromatic carboxylic acids is 1. The summed E-state index contributed by atoms with van der Waals surface area (Å²) in [6.07, 6.45) is 3.09. The number of carbonyl (C=O) groups is 2. The lowest BCUT2D eigenvalue weighted by Gasteiger charge is -2.32. The monoisotopic (exact) mass is 346 g/mol. The summed E-state index contributed by atoms with van der Waals surface area (Å²) in [6, 6.07) is -0.0693. The van der Waals surface area contributed by atoms with Crippen LogP contribution in [-0.4, -0.2) is 59.7 Å². The first kappa shape index (κ1) is 17.1.